The van der Waals surface area contributed by atoms with Crippen LogP contribution >= 0.6 is 0 Å². The van der Waals surface area contributed by atoms with Gasteiger partial charge in [-0.25, -0.2) is 4.79 Å². The molecule has 0 saturated heterocycles. The minimum Gasteiger partial charge on any atom is -0.493 e. The zero-order chi connectivity index (χ0) is 13.5. The van der Waals surface area contributed by atoms with Gasteiger partial charge in [0.2, 0.25) is 0 Å². The molecule has 0 aliphatic heterocycles. The van der Waals surface area contributed by atoms with E-state index in [0.717, 1.165) is 0 Å². The third-order valence-corrected chi connectivity index (χ3v) is 2.30. The molecule has 0 unspecified atom stereocenters. The summed E-state index contributed by atoms with van der Waals surface area (Å²) in [4.78, 5) is 10.5. The van der Waals surface area contributed by atoms with E-state index in [1.54, 1.807) is 26.4 Å². The van der Waals surface area contributed by atoms with Crippen LogP contribution in [0.3, 0.4) is 0 Å². The molecule has 0 radical (unpaired) electrons. The Morgan fingerprint density at radius 1 is 1.22 bits per heavy atom. The molecule has 0 heterocycles. The molecule has 0 aliphatic carbocycles. The number of hydrogen-bond acceptors (Lipinski definition) is 5. The number of nitrogens with two attached hydrogens (primary N) is 2. The van der Waals surface area contributed by atoms with Crippen molar-refractivity contribution in [1.82, 2.24) is 5.32 Å². The zero-order valence-corrected chi connectivity index (χ0v) is 10.4. The second-order valence-corrected chi connectivity index (χ2v) is 3.51. The summed E-state index contributed by atoms with van der Waals surface area (Å²) in [6.45, 7) is 0.908. The van der Waals surface area contributed by atoms with Gasteiger partial charge in [0.1, 0.15) is 0 Å². The minimum absolute atomic E-state index is 0.406. The summed E-state index contributed by atoms with van der Waals surface area (Å²) in [5.74, 6) is 1.15. The number of primary amides is 1. The molecule has 100 valence electrons. The number of nitrogens with one attached hydrogen (secondary N) is 2. The van der Waals surface area contributed by atoms with Gasteiger partial charge in [0.15, 0.2) is 11.5 Å². The van der Waals surface area contributed by atoms with E-state index in [-0.39, 0.29) is 0 Å². The van der Waals surface area contributed by atoms with E-state index in [1.165, 1.54) is 0 Å². The molecule has 0 saturated carbocycles. The van der Waals surface area contributed by atoms with E-state index in [1.807, 2.05) is 0 Å². The Balaban J connectivity index is 2.68. The van der Waals surface area contributed by atoms with Crippen molar-refractivity contribution in [3.8, 4) is 11.5 Å². The Hall–Kier alpha value is -2.31. The number of nitrogen functional groups attached to an aromatic ring is 1. The Kier molecular flexibility index (Phi) is 4.91. The predicted octanol–water partition coefficient (Wildman–Crippen LogP) is 0.366. The van der Waals surface area contributed by atoms with Crippen LogP contribution in [0.15, 0.2) is 12.1 Å². The highest BCUT2D eigenvalue weighted by Crippen LogP contribution is 2.34. The average Bonchev–Trinajstić information content (AvgIpc) is 2.35. The summed E-state index contributed by atoms with van der Waals surface area (Å²) in [5, 5.41) is 5.53. The summed E-state index contributed by atoms with van der Waals surface area (Å²) < 4.78 is 10.3. The number of urea groups is 1. The maximum atomic E-state index is 10.5. The molecule has 0 atom stereocenters. The van der Waals surface area contributed by atoms with Gasteiger partial charge in [-0.2, -0.15) is 0 Å². The van der Waals surface area contributed by atoms with Crippen molar-refractivity contribution in [1.29, 1.82) is 0 Å². The molecule has 0 spiro atoms. The molecule has 0 aromatic heterocycles. The maximum Gasteiger partial charge on any atom is 0.312 e. The smallest absolute Gasteiger partial charge is 0.312 e. The Bertz CT molecular complexity index is 423. The second-order valence-electron chi connectivity index (χ2n) is 3.51. The topological polar surface area (TPSA) is 112 Å². The lowest BCUT2D eigenvalue weighted by atomic mass is 10.2. The van der Waals surface area contributed by atoms with Crippen LogP contribution < -0.4 is 31.6 Å². The Morgan fingerprint density at radius 3 is 2.39 bits per heavy atom. The first kappa shape index (κ1) is 13.8. The van der Waals surface area contributed by atoms with Crippen LogP contribution in [-0.4, -0.2) is 33.3 Å². The molecule has 0 bridgehead atoms. The van der Waals surface area contributed by atoms with E-state index in [2.05, 4.69) is 10.6 Å². The summed E-state index contributed by atoms with van der Waals surface area (Å²) in [7, 11) is 3.09. The standard InChI is InChI=1S/C11H18N4O3/c1-17-9-5-7(12)8(6-10(9)18-2)14-3-4-15-11(13)16/h5-6,14H,3-4,12H2,1-2H3,(H3,13,15,16). The lowest BCUT2D eigenvalue weighted by Crippen LogP contribution is -2.33. The number of ether oxygens (including phenoxy) is 2. The third-order valence-electron chi connectivity index (χ3n) is 2.30. The number of rotatable bonds is 6. The van der Waals surface area contributed by atoms with Crippen molar-refractivity contribution < 1.29 is 14.3 Å². The largest absolute Gasteiger partial charge is 0.493 e. The molecular formula is C11H18N4O3. The van der Waals surface area contributed by atoms with Crippen LogP contribution in [0.2, 0.25) is 0 Å². The van der Waals surface area contributed by atoms with Gasteiger partial charge in [-0.3, -0.25) is 0 Å². The Morgan fingerprint density at radius 2 is 1.83 bits per heavy atom. The lowest BCUT2D eigenvalue weighted by molar-refractivity contribution is 0.249. The van der Waals surface area contributed by atoms with Gasteiger partial charge in [-0.1, -0.05) is 0 Å². The predicted molar refractivity (Wildman–Crippen MR) is 70.0 cm³/mol. The van der Waals surface area contributed by atoms with Gasteiger partial charge >= 0.3 is 6.03 Å². The van der Waals surface area contributed by atoms with E-state index < -0.39 is 6.03 Å². The van der Waals surface area contributed by atoms with Crippen molar-refractivity contribution in [2.45, 2.75) is 0 Å². The molecule has 1 rings (SSSR count). The summed E-state index contributed by atoms with van der Waals surface area (Å²) in [6, 6.07) is 2.85. The van der Waals surface area contributed by atoms with Gasteiger partial charge in [-0.15, -0.1) is 0 Å². The van der Waals surface area contributed by atoms with Crippen molar-refractivity contribution >= 4 is 17.4 Å². The fourth-order valence-corrected chi connectivity index (χ4v) is 1.43. The van der Waals surface area contributed by atoms with Gasteiger partial charge in [0.05, 0.1) is 25.6 Å². The third kappa shape index (κ3) is 3.62. The first-order chi connectivity index (χ1) is 8.58. The highest BCUT2D eigenvalue weighted by atomic mass is 16.5. The quantitative estimate of drug-likeness (QED) is 0.433. The minimum atomic E-state index is -0.558. The average molecular weight is 254 g/mol. The van der Waals surface area contributed by atoms with Gasteiger partial charge in [-0.05, 0) is 0 Å². The first-order valence-electron chi connectivity index (χ1n) is 5.37. The lowest BCUT2D eigenvalue weighted by Gasteiger charge is -2.14. The zero-order valence-electron chi connectivity index (χ0n) is 10.4. The summed E-state index contributed by atoms with van der Waals surface area (Å²) in [5.41, 5.74) is 12.0. The van der Waals surface area contributed by atoms with Crippen LogP contribution in [0.25, 0.3) is 0 Å². The number of benzene rings is 1. The number of carbonyl (C=O) groups excluding carboxylic acids is 1. The van der Waals surface area contributed by atoms with Crippen LogP contribution in [0.5, 0.6) is 11.5 Å². The highest BCUT2D eigenvalue weighted by molar-refractivity contribution is 5.73. The number of methoxy groups -OCH3 is 2. The molecule has 2 amide bonds. The van der Waals surface area contributed by atoms with Crippen LogP contribution in [0, 0.1) is 0 Å². The summed E-state index contributed by atoms with van der Waals surface area (Å²) >= 11 is 0. The molecule has 18 heavy (non-hydrogen) atoms. The monoisotopic (exact) mass is 254 g/mol. The normalized spacial score (nSPS) is 9.67. The molecule has 1 aromatic carbocycles. The Labute approximate surface area is 105 Å². The van der Waals surface area contributed by atoms with E-state index in [0.29, 0.717) is 36.0 Å². The number of carbonyl (C=O) groups is 1. The number of amides is 2. The second kappa shape index (κ2) is 6.43. The van der Waals surface area contributed by atoms with Gasteiger partial charge < -0.3 is 31.6 Å². The molecule has 0 aliphatic rings. The van der Waals surface area contributed by atoms with Crippen LogP contribution in [0.4, 0.5) is 16.2 Å². The van der Waals surface area contributed by atoms with Crippen molar-refractivity contribution in [3.05, 3.63) is 12.1 Å². The first-order valence-corrected chi connectivity index (χ1v) is 5.37. The SMILES string of the molecule is COc1cc(N)c(NCCNC(N)=O)cc1OC. The van der Waals surface area contributed by atoms with Crippen LogP contribution in [0.1, 0.15) is 0 Å². The molecule has 0 fully saturated rings. The highest BCUT2D eigenvalue weighted by Gasteiger charge is 2.08. The maximum absolute atomic E-state index is 10.5. The fraction of sp³-hybridized carbons (Fsp3) is 0.364. The van der Waals surface area contributed by atoms with E-state index in [4.69, 9.17) is 20.9 Å². The van der Waals surface area contributed by atoms with E-state index in [9.17, 15) is 4.79 Å². The van der Waals surface area contributed by atoms with Gasteiger partial charge in [0, 0.05) is 25.2 Å². The number of anilines is 2. The fourth-order valence-electron chi connectivity index (χ4n) is 1.43. The van der Waals surface area contributed by atoms with Gasteiger partial charge in [0.25, 0.3) is 0 Å². The van der Waals surface area contributed by atoms with E-state index >= 15 is 0 Å². The van der Waals surface area contributed by atoms with Crippen molar-refractivity contribution in [3.63, 3.8) is 0 Å². The molecule has 1 aromatic rings. The summed E-state index contributed by atoms with van der Waals surface area (Å²) in [6.07, 6.45) is 0. The number of hydrogen-bond donors (Lipinski definition) is 4. The molecule has 7 nitrogen and oxygen atoms in total. The van der Waals surface area contributed by atoms with Crippen molar-refractivity contribution in [2.75, 3.05) is 38.4 Å². The van der Waals surface area contributed by atoms with Crippen molar-refractivity contribution in [2.24, 2.45) is 5.73 Å². The molecular weight excluding hydrogens is 236 g/mol. The van der Waals surface area contributed by atoms with Crippen LogP contribution in [-0.2, 0) is 0 Å². The molecule has 7 heteroatoms. The molecule has 6 N–H and O–H groups in total.